The van der Waals surface area contributed by atoms with Gasteiger partial charge in [0.15, 0.2) is 0 Å². The predicted octanol–water partition coefficient (Wildman–Crippen LogP) is -1.68. The van der Waals surface area contributed by atoms with Crippen molar-refractivity contribution < 1.29 is 15.0 Å². The summed E-state index contributed by atoms with van der Waals surface area (Å²) in [7, 11) is 0. The number of halogens is 1. The van der Waals surface area contributed by atoms with E-state index in [1.54, 1.807) is 4.90 Å². The number of amides is 1. The minimum Gasteiger partial charge on any atom is -0.392 e. The number of nitrogens with two attached hydrogens (primary N) is 1. The van der Waals surface area contributed by atoms with Gasteiger partial charge in [-0.15, -0.1) is 12.4 Å². The van der Waals surface area contributed by atoms with Crippen LogP contribution in [0, 0.1) is 0 Å². The van der Waals surface area contributed by atoms with E-state index in [2.05, 4.69) is 0 Å². The van der Waals surface area contributed by atoms with E-state index in [4.69, 9.17) is 5.73 Å². The van der Waals surface area contributed by atoms with E-state index in [0.29, 0.717) is 19.5 Å². The first-order valence-corrected chi connectivity index (χ1v) is 3.94. The van der Waals surface area contributed by atoms with Gasteiger partial charge >= 0.3 is 0 Å². The lowest BCUT2D eigenvalue weighted by atomic mass is 10.1. The average molecular weight is 211 g/mol. The second-order valence-electron chi connectivity index (χ2n) is 3.20. The van der Waals surface area contributed by atoms with Gasteiger partial charge in [-0.05, 0) is 0 Å². The van der Waals surface area contributed by atoms with Gasteiger partial charge in [-0.25, -0.2) is 0 Å². The molecule has 0 saturated carbocycles. The van der Waals surface area contributed by atoms with Crippen LogP contribution in [0.25, 0.3) is 0 Å². The SMILES string of the molecule is Cl.NC(=O)CN1C[C@H](O)C[C@H](O)C1. The summed E-state index contributed by atoms with van der Waals surface area (Å²) in [6.45, 7) is 0.939. The zero-order valence-electron chi connectivity index (χ0n) is 7.22. The topological polar surface area (TPSA) is 86.8 Å². The summed E-state index contributed by atoms with van der Waals surface area (Å²) >= 11 is 0. The zero-order valence-corrected chi connectivity index (χ0v) is 8.04. The molecule has 1 aliphatic rings. The van der Waals surface area contributed by atoms with Gasteiger partial charge in [-0.3, -0.25) is 9.69 Å². The van der Waals surface area contributed by atoms with Crippen LogP contribution >= 0.6 is 12.4 Å². The highest BCUT2D eigenvalue weighted by Crippen LogP contribution is 2.09. The molecule has 1 amide bonds. The molecule has 1 rings (SSSR count). The van der Waals surface area contributed by atoms with Gasteiger partial charge in [0.2, 0.25) is 5.91 Å². The van der Waals surface area contributed by atoms with Crippen molar-refractivity contribution in [3.8, 4) is 0 Å². The number of hydrogen-bond donors (Lipinski definition) is 3. The van der Waals surface area contributed by atoms with Gasteiger partial charge in [-0.1, -0.05) is 0 Å². The van der Waals surface area contributed by atoms with Gasteiger partial charge in [0.25, 0.3) is 0 Å². The molecule has 6 heteroatoms. The molecule has 0 aromatic rings. The maximum Gasteiger partial charge on any atom is 0.231 e. The van der Waals surface area contributed by atoms with E-state index in [0.717, 1.165) is 0 Å². The molecule has 0 spiro atoms. The summed E-state index contributed by atoms with van der Waals surface area (Å²) in [5.41, 5.74) is 4.97. The van der Waals surface area contributed by atoms with Crippen LogP contribution in [0.2, 0.25) is 0 Å². The molecular weight excluding hydrogens is 196 g/mol. The van der Waals surface area contributed by atoms with E-state index < -0.39 is 18.1 Å². The highest BCUT2D eigenvalue weighted by molar-refractivity contribution is 5.85. The van der Waals surface area contributed by atoms with Crippen LogP contribution in [-0.4, -0.2) is 52.9 Å². The molecule has 2 atom stereocenters. The summed E-state index contributed by atoms with van der Waals surface area (Å²) in [5.74, 6) is -0.434. The Hall–Kier alpha value is -0.360. The lowest BCUT2D eigenvalue weighted by Gasteiger charge is -2.32. The number of likely N-dealkylation sites (tertiary alicyclic amines) is 1. The van der Waals surface area contributed by atoms with Crippen LogP contribution in [0.3, 0.4) is 0 Å². The second-order valence-corrected chi connectivity index (χ2v) is 3.20. The lowest BCUT2D eigenvalue weighted by Crippen LogP contribution is -2.48. The Kier molecular flexibility index (Phi) is 5.24. The molecule has 0 aliphatic carbocycles. The lowest BCUT2D eigenvalue weighted by molar-refractivity contribution is -0.120. The molecule has 4 N–H and O–H groups in total. The van der Waals surface area contributed by atoms with Gasteiger partial charge in [-0.2, -0.15) is 0 Å². The molecule has 0 unspecified atom stereocenters. The zero-order chi connectivity index (χ0) is 9.14. The third-order valence-corrected chi connectivity index (χ3v) is 1.86. The first-order chi connectivity index (χ1) is 5.58. The van der Waals surface area contributed by atoms with E-state index in [1.807, 2.05) is 0 Å². The minimum absolute atomic E-state index is 0. The number of rotatable bonds is 2. The van der Waals surface area contributed by atoms with E-state index in [-0.39, 0.29) is 19.0 Å². The number of aliphatic hydroxyl groups is 2. The van der Waals surface area contributed by atoms with Gasteiger partial charge in [0.1, 0.15) is 0 Å². The normalized spacial score (nSPS) is 29.4. The third kappa shape index (κ3) is 4.42. The number of nitrogens with zero attached hydrogens (tertiary/aromatic N) is 1. The maximum absolute atomic E-state index is 10.5. The molecular formula is C7H15ClN2O3. The van der Waals surface area contributed by atoms with Gasteiger partial charge < -0.3 is 15.9 Å². The largest absolute Gasteiger partial charge is 0.392 e. The highest BCUT2D eigenvalue weighted by atomic mass is 35.5. The van der Waals surface area contributed by atoms with E-state index >= 15 is 0 Å². The fraction of sp³-hybridized carbons (Fsp3) is 0.857. The van der Waals surface area contributed by atoms with Crippen molar-refractivity contribution in [1.29, 1.82) is 0 Å². The number of hydrogen-bond acceptors (Lipinski definition) is 4. The van der Waals surface area contributed by atoms with Crippen molar-refractivity contribution in [1.82, 2.24) is 4.90 Å². The second kappa shape index (κ2) is 5.39. The Morgan fingerprint density at radius 3 is 2.23 bits per heavy atom. The Bertz CT molecular complexity index is 169. The molecule has 0 radical (unpaired) electrons. The van der Waals surface area contributed by atoms with Crippen molar-refractivity contribution in [2.75, 3.05) is 19.6 Å². The fourth-order valence-electron chi connectivity index (χ4n) is 1.48. The summed E-state index contributed by atoms with van der Waals surface area (Å²) < 4.78 is 0. The number of piperidine rings is 1. The minimum atomic E-state index is -0.548. The van der Waals surface area contributed by atoms with Gasteiger partial charge in [0, 0.05) is 19.5 Å². The Balaban J connectivity index is 0.00000144. The summed E-state index contributed by atoms with van der Waals surface area (Å²) in [5, 5.41) is 18.4. The summed E-state index contributed by atoms with van der Waals surface area (Å²) in [6, 6.07) is 0. The maximum atomic E-state index is 10.5. The summed E-state index contributed by atoms with van der Waals surface area (Å²) in [6.07, 6.45) is -0.712. The van der Waals surface area contributed by atoms with E-state index in [9.17, 15) is 15.0 Å². The van der Waals surface area contributed by atoms with Crippen LogP contribution in [-0.2, 0) is 4.79 Å². The van der Waals surface area contributed by atoms with Gasteiger partial charge in [0.05, 0.1) is 18.8 Å². The van der Waals surface area contributed by atoms with Crippen molar-refractivity contribution in [2.45, 2.75) is 18.6 Å². The average Bonchev–Trinajstić information content (AvgIpc) is 1.81. The summed E-state index contributed by atoms with van der Waals surface area (Å²) in [4.78, 5) is 12.2. The van der Waals surface area contributed by atoms with Crippen LogP contribution in [0.5, 0.6) is 0 Å². The van der Waals surface area contributed by atoms with Crippen LogP contribution in [0.4, 0.5) is 0 Å². The Labute approximate surface area is 82.9 Å². The molecule has 1 fully saturated rings. The van der Waals surface area contributed by atoms with Crippen molar-refractivity contribution in [3.05, 3.63) is 0 Å². The molecule has 1 saturated heterocycles. The predicted molar refractivity (Wildman–Crippen MR) is 49.5 cm³/mol. The van der Waals surface area contributed by atoms with Crippen molar-refractivity contribution in [2.24, 2.45) is 5.73 Å². The molecule has 13 heavy (non-hydrogen) atoms. The molecule has 1 heterocycles. The van der Waals surface area contributed by atoms with E-state index in [1.165, 1.54) is 0 Å². The molecule has 0 aromatic heterocycles. The third-order valence-electron chi connectivity index (χ3n) is 1.86. The molecule has 0 bridgehead atoms. The van der Waals surface area contributed by atoms with Crippen LogP contribution in [0.15, 0.2) is 0 Å². The highest BCUT2D eigenvalue weighted by Gasteiger charge is 2.24. The van der Waals surface area contributed by atoms with Crippen molar-refractivity contribution in [3.63, 3.8) is 0 Å². The molecule has 1 aliphatic heterocycles. The first kappa shape index (κ1) is 12.6. The van der Waals surface area contributed by atoms with Crippen LogP contribution < -0.4 is 5.73 Å². The smallest absolute Gasteiger partial charge is 0.231 e. The van der Waals surface area contributed by atoms with Crippen molar-refractivity contribution >= 4 is 18.3 Å². The Morgan fingerprint density at radius 2 is 1.85 bits per heavy atom. The van der Waals surface area contributed by atoms with Crippen LogP contribution in [0.1, 0.15) is 6.42 Å². The first-order valence-electron chi connectivity index (χ1n) is 3.94. The quantitative estimate of drug-likeness (QED) is 0.508. The number of carbonyl (C=O) groups is 1. The Morgan fingerprint density at radius 1 is 1.38 bits per heavy atom. The fourth-order valence-corrected chi connectivity index (χ4v) is 1.48. The number of β-amino-alcohol motifs (C(OH)–C–C–N with tert-alkyl or cyclic N) is 2. The monoisotopic (exact) mass is 210 g/mol. The number of aliphatic hydroxyl groups excluding tert-OH is 2. The number of primary amides is 1. The number of carbonyl (C=O) groups excluding carboxylic acids is 1. The molecule has 78 valence electrons. The standard InChI is InChI=1S/C7H14N2O3.ClH/c8-7(12)4-9-2-5(10)1-6(11)3-9;/h5-6,10-11H,1-4H2,(H2,8,12);1H/t5-,6+;. The molecule has 0 aromatic carbocycles. The molecule has 5 nitrogen and oxygen atoms in total.